The lowest BCUT2D eigenvalue weighted by Crippen LogP contribution is -2.41. The van der Waals surface area contributed by atoms with E-state index in [1.165, 1.54) is 11.7 Å². The predicted molar refractivity (Wildman–Crippen MR) is 113 cm³/mol. The zero-order valence-electron chi connectivity index (χ0n) is 16.9. The van der Waals surface area contributed by atoms with Crippen molar-refractivity contribution in [2.45, 2.75) is 24.9 Å². The molecule has 1 unspecified atom stereocenters. The number of carbonyl (C=O) groups is 3. The van der Waals surface area contributed by atoms with E-state index >= 15 is 0 Å². The minimum Gasteiger partial charge on any atom is -0.443 e. The van der Waals surface area contributed by atoms with E-state index in [1.807, 2.05) is 30.3 Å². The third kappa shape index (κ3) is 4.63. The molecule has 1 aromatic heterocycles. The van der Waals surface area contributed by atoms with Gasteiger partial charge in [-0.1, -0.05) is 48.5 Å². The van der Waals surface area contributed by atoms with Crippen LogP contribution in [0.25, 0.3) is 5.69 Å². The lowest BCUT2D eigenvalue weighted by Gasteiger charge is -2.18. The van der Waals surface area contributed by atoms with E-state index < -0.39 is 24.0 Å². The van der Waals surface area contributed by atoms with E-state index in [-0.39, 0.29) is 5.69 Å². The fourth-order valence-electron chi connectivity index (χ4n) is 3.20. The van der Waals surface area contributed by atoms with Gasteiger partial charge < -0.3 is 10.1 Å². The molecule has 4 rings (SSSR count). The molecule has 2 aromatic carbocycles. The van der Waals surface area contributed by atoms with Gasteiger partial charge in [0, 0.05) is 18.5 Å². The number of benzene rings is 2. The van der Waals surface area contributed by atoms with Crippen molar-refractivity contribution >= 4 is 17.9 Å². The van der Waals surface area contributed by atoms with Crippen LogP contribution in [0.3, 0.4) is 0 Å². The molecular formula is C23H22N4O4. The highest BCUT2D eigenvalue weighted by Crippen LogP contribution is 2.40. The summed E-state index contributed by atoms with van der Waals surface area (Å²) in [5.74, 6) is -1.12. The number of nitrogens with one attached hydrogen (secondary N) is 2. The average Bonchev–Trinajstić information content (AvgIpc) is 3.56. The van der Waals surface area contributed by atoms with Gasteiger partial charge in [-0.25, -0.2) is 14.3 Å². The van der Waals surface area contributed by atoms with Crippen LogP contribution < -0.4 is 10.6 Å². The number of hydrogen-bond acceptors (Lipinski definition) is 5. The number of ether oxygens (including phenoxy) is 1. The molecule has 1 heterocycles. The Hall–Kier alpha value is -3.94. The molecule has 0 saturated heterocycles. The summed E-state index contributed by atoms with van der Waals surface area (Å²) in [6, 6.07) is 18.8. The molecule has 2 N–H and O–H groups in total. The fourth-order valence-corrected chi connectivity index (χ4v) is 3.20. The Balaban J connectivity index is 1.66. The Labute approximate surface area is 179 Å². The standard InChI is InChI=1S/C23H22N4O4/c1-24-23(30)25-21(28)20(16-8-4-2-5-9-16)31-22(29)19-14-18(15-12-13-15)26-27(19)17-10-6-3-7-11-17/h2-11,14-15,20H,12-13H2,1H3,(H2,24,25,28,30). The summed E-state index contributed by atoms with van der Waals surface area (Å²) < 4.78 is 7.15. The number of amides is 3. The first kappa shape index (κ1) is 20.3. The van der Waals surface area contributed by atoms with Crippen LogP contribution in [0, 0.1) is 0 Å². The first-order chi connectivity index (χ1) is 15.1. The number of imide groups is 1. The van der Waals surface area contributed by atoms with Gasteiger partial charge in [0.15, 0.2) is 5.69 Å². The molecule has 31 heavy (non-hydrogen) atoms. The lowest BCUT2D eigenvalue weighted by molar-refractivity contribution is -0.129. The second-order valence-corrected chi connectivity index (χ2v) is 7.24. The highest BCUT2D eigenvalue weighted by Gasteiger charge is 2.32. The number of rotatable bonds is 6. The maximum atomic E-state index is 13.2. The third-order valence-corrected chi connectivity index (χ3v) is 4.96. The van der Waals surface area contributed by atoms with Gasteiger partial charge in [-0.3, -0.25) is 10.1 Å². The summed E-state index contributed by atoms with van der Waals surface area (Å²) in [7, 11) is 1.39. The minimum absolute atomic E-state index is 0.224. The van der Waals surface area contributed by atoms with Gasteiger partial charge in [0.2, 0.25) is 6.10 Å². The lowest BCUT2D eigenvalue weighted by atomic mass is 10.1. The number of nitrogens with zero attached hydrogens (tertiary/aromatic N) is 2. The third-order valence-electron chi connectivity index (χ3n) is 4.96. The first-order valence-corrected chi connectivity index (χ1v) is 10.0. The van der Waals surface area contributed by atoms with Crippen LogP contribution in [-0.4, -0.2) is 34.7 Å². The average molecular weight is 418 g/mol. The quantitative estimate of drug-likeness (QED) is 0.599. The number of aromatic nitrogens is 2. The molecule has 1 aliphatic carbocycles. The van der Waals surface area contributed by atoms with Crippen molar-refractivity contribution in [3.8, 4) is 5.69 Å². The Bertz CT molecular complexity index is 1090. The van der Waals surface area contributed by atoms with Crippen molar-refractivity contribution in [3.63, 3.8) is 0 Å². The van der Waals surface area contributed by atoms with Crippen molar-refractivity contribution in [2.75, 3.05) is 7.05 Å². The van der Waals surface area contributed by atoms with Gasteiger partial charge in [-0.2, -0.15) is 5.10 Å². The molecule has 1 saturated carbocycles. The summed E-state index contributed by atoms with van der Waals surface area (Å²) in [6.07, 6.45) is 0.762. The summed E-state index contributed by atoms with van der Waals surface area (Å²) in [4.78, 5) is 37.5. The maximum absolute atomic E-state index is 13.2. The summed E-state index contributed by atoms with van der Waals surface area (Å²) in [5.41, 5.74) is 2.21. The SMILES string of the molecule is CNC(=O)NC(=O)C(OC(=O)c1cc(C2CC2)nn1-c1ccccc1)c1ccccc1. The number of urea groups is 1. The number of para-hydroxylation sites is 1. The highest BCUT2D eigenvalue weighted by atomic mass is 16.5. The smallest absolute Gasteiger partial charge is 0.358 e. The van der Waals surface area contributed by atoms with Crippen LogP contribution in [0.4, 0.5) is 4.79 Å². The maximum Gasteiger partial charge on any atom is 0.358 e. The van der Waals surface area contributed by atoms with Crippen molar-refractivity contribution in [2.24, 2.45) is 0 Å². The number of hydrogen-bond donors (Lipinski definition) is 2. The van der Waals surface area contributed by atoms with E-state index in [1.54, 1.807) is 36.4 Å². The van der Waals surface area contributed by atoms with Gasteiger partial charge in [-0.15, -0.1) is 0 Å². The monoisotopic (exact) mass is 418 g/mol. The zero-order valence-corrected chi connectivity index (χ0v) is 16.9. The van der Waals surface area contributed by atoms with E-state index in [9.17, 15) is 14.4 Å². The molecule has 3 amide bonds. The van der Waals surface area contributed by atoms with E-state index in [2.05, 4.69) is 15.7 Å². The highest BCUT2D eigenvalue weighted by molar-refractivity contribution is 5.99. The van der Waals surface area contributed by atoms with E-state index in [4.69, 9.17) is 4.74 Å². The Morgan fingerprint density at radius 1 is 1.03 bits per heavy atom. The molecule has 0 aliphatic heterocycles. The van der Waals surface area contributed by atoms with Gasteiger partial charge in [0.05, 0.1) is 11.4 Å². The van der Waals surface area contributed by atoms with E-state index in [0.717, 1.165) is 18.5 Å². The van der Waals surface area contributed by atoms with Crippen LogP contribution in [-0.2, 0) is 9.53 Å². The second kappa shape index (κ2) is 8.83. The van der Waals surface area contributed by atoms with Crippen LogP contribution >= 0.6 is 0 Å². The van der Waals surface area contributed by atoms with Crippen molar-refractivity contribution in [1.29, 1.82) is 0 Å². The zero-order chi connectivity index (χ0) is 21.8. The first-order valence-electron chi connectivity index (χ1n) is 10.0. The molecule has 0 bridgehead atoms. The Morgan fingerprint density at radius 3 is 2.29 bits per heavy atom. The van der Waals surface area contributed by atoms with E-state index in [0.29, 0.717) is 17.2 Å². The topological polar surface area (TPSA) is 102 Å². The van der Waals surface area contributed by atoms with Gasteiger partial charge in [0.25, 0.3) is 5.91 Å². The van der Waals surface area contributed by atoms with Crippen molar-refractivity contribution in [3.05, 3.63) is 83.7 Å². The summed E-state index contributed by atoms with van der Waals surface area (Å²) >= 11 is 0. The normalized spacial score (nSPS) is 13.8. The van der Waals surface area contributed by atoms with Crippen molar-refractivity contribution < 1.29 is 19.1 Å². The van der Waals surface area contributed by atoms with Gasteiger partial charge in [-0.05, 0) is 31.0 Å². The Morgan fingerprint density at radius 2 is 1.68 bits per heavy atom. The molecule has 8 heteroatoms. The molecule has 1 fully saturated rings. The van der Waals surface area contributed by atoms with Crippen LogP contribution in [0.5, 0.6) is 0 Å². The molecule has 8 nitrogen and oxygen atoms in total. The molecule has 1 aliphatic rings. The number of esters is 1. The molecule has 1 atom stereocenters. The summed E-state index contributed by atoms with van der Waals surface area (Å²) in [6.45, 7) is 0. The molecule has 3 aromatic rings. The van der Waals surface area contributed by atoms with Gasteiger partial charge >= 0.3 is 12.0 Å². The van der Waals surface area contributed by atoms with Gasteiger partial charge in [0.1, 0.15) is 0 Å². The molecular weight excluding hydrogens is 396 g/mol. The largest absolute Gasteiger partial charge is 0.443 e. The Kier molecular flexibility index (Phi) is 5.79. The fraction of sp³-hybridized carbons (Fsp3) is 0.217. The molecule has 0 spiro atoms. The minimum atomic E-state index is -1.30. The predicted octanol–water partition coefficient (Wildman–Crippen LogP) is 3.10. The van der Waals surface area contributed by atoms with Crippen molar-refractivity contribution in [1.82, 2.24) is 20.4 Å². The summed E-state index contributed by atoms with van der Waals surface area (Å²) in [5, 5.41) is 9.09. The molecule has 0 radical (unpaired) electrons. The van der Waals surface area contributed by atoms with Crippen LogP contribution in [0.15, 0.2) is 66.7 Å². The molecule has 158 valence electrons. The van der Waals surface area contributed by atoms with Crippen LogP contribution in [0.1, 0.15) is 46.6 Å². The second-order valence-electron chi connectivity index (χ2n) is 7.24. The van der Waals surface area contributed by atoms with Crippen LogP contribution in [0.2, 0.25) is 0 Å². The number of carbonyl (C=O) groups excluding carboxylic acids is 3.